The third-order valence-electron chi connectivity index (χ3n) is 4.72. The Hall–Kier alpha value is -2.65. The maximum absolute atomic E-state index is 9.24. The van der Waals surface area contributed by atoms with Crippen LogP contribution in [0.4, 0.5) is 17.5 Å². The number of hydrogen-bond donors (Lipinski definition) is 2. The standard InChI is InChI=1S/C20H26N6/c1-3-4-5-17-11-19(26-9-8-16(22)13-26)25-20(23-17)24-18-7-6-14(2)15(10-18)12-21/h6-7,10-11,16H,3-5,8-9,13,22H2,1-2H3,(H,23,24,25). The average Bonchev–Trinajstić information content (AvgIpc) is 3.08. The summed E-state index contributed by atoms with van der Waals surface area (Å²) in [4.78, 5) is 11.6. The highest BCUT2D eigenvalue weighted by molar-refractivity contribution is 5.59. The smallest absolute Gasteiger partial charge is 0.229 e. The van der Waals surface area contributed by atoms with E-state index in [-0.39, 0.29) is 6.04 Å². The van der Waals surface area contributed by atoms with Gasteiger partial charge in [-0.05, 0) is 43.9 Å². The van der Waals surface area contributed by atoms with Gasteiger partial charge in [0.15, 0.2) is 0 Å². The van der Waals surface area contributed by atoms with E-state index in [9.17, 15) is 5.26 Å². The fourth-order valence-electron chi connectivity index (χ4n) is 3.13. The van der Waals surface area contributed by atoms with Crippen molar-refractivity contribution in [1.82, 2.24) is 9.97 Å². The molecule has 0 aliphatic carbocycles. The van der Waals surface area contributed by atoms with Crippen molar-refractivity contribution in [2.45, 2.75) is 45.6 Å². The van der Waals surface area contributed by atoms with Crippen LogP contribution < -0.4 is 16.0 Å². The summed E-state index contributed by atoms with van der Waals surface area (Å²) in [7, 11) is 0. The van der Waals surface area contributed by atoms with Crippen LogP contribution in [0.3, 0.4) is 0 Å². The van der Waals surface area contributed by atoms with Gasteiger partial charge in [0.2, 0.25) is 5.95 Å². The van der Waals surface area contributed by atoms with E-state index in [1.807, 2.05) is 25.1 Å². The monoisotopic (exact) mass is 350 g/mol. The van der Waals surface area contributed by atoms with Crippen LogP contribution in [0.15, 0.2) is 24.3 Å². The van der Waals surface area contributed by atoms with Crippen molar-refractivity contribution in [3.05, 3.63) is 41.1 Å². The molecule has 0 bridgehead atoms. The van der Waals surface area contributed by atoms with Crippen LogP contribution in [0, 0.1) is 18.3 Å². The Labute approximate surface area is 155 Å². The maximum atomic E-state index is 9.24. The summed E-state index contributed by atoms with van der Waals surface area (Å²) in [5.74, 6) is 1.50. The zero-order valence-electron chi connectivity index (χ0n) is 15.5. The molecule has 1 aromatic carbocycles. The predicted molar refractivity (Wildman–Crippen MR) is 105 cm³/mol. The van der Waals surface area contributed by atoms with Crippen LogP contribution in [-0.4, -0.2) is 29.1 Å². The molecule has 0 spiro atoms. The number of aryl methyl sites for hydroxylation is 2. The number of unbranched alkanes of at least 4 members (excludes halogenated alkanes) is 1. The van der Waals surface area contributed by atoms with Gasteiger partial charge in [-0.15, -0.1) is 0 Å². The van der Waals surface area contributed by atoms with Gasteiger partial charge in [0, 0.05) is 36.6 Å². The molecule has 2 aromatic rings. The molecule has 136 valence electrons. The Morgan fingerprint density at radius 3 is 2.88 bits per heavy atom. The molecular formula is C20H26N6. The SMILES string of the molecule is CCCCc1cc(N2CCC(N)C2)nc(Nc2ccc(C)c(C#N)c2)n1. The summed E-state index contributed by atoms with van der Waals surface area (Å²) in [6.07, 6.45) is 4.14. The first-order valence-electron chi connectivity index (χ1n) is 9.25. The van der Waals surface area contributed by atoms with Crippen molar-refractivity contribution in [2.75, 3.05) is 23.3 Å². The van der Waals surface area contributed by atoms with Gasteiger partial charge in [-0.1, -0.05) is 19.4 Å². The first-order chi connectivity index (χ1) is 12.6. The zero-order chi connectivity index (χ0) is 18.5. The zero-order valence-corrected chi connectivity index (χ0v) is 15.5. The fraction of sp³-hybridized carbons (Fsp3) is 0.450. The molecule has 26 heavy (non-hydrogen) atoms. The number of nitriles is 1. The number of nitrogens with zero attached hydrogens (tertiary/aromatic N) is 4. The second-order valence-electron chi connectivity index (χ2n) is 6.91. The van der Waals surface area contributed by atoms with Gasteiger partial charge < -0.3 is 16.0 Å². The normalized spacial score (nSPS) is 16.5. The number of benzene rings is 1. The summed E-state index contributed by atoms with van der Waals surface area (Å²) in [5, 5.41) is 12.5. The lowest BCUT2D eigenvalue weighted by Gasteiger charge is -2.19. The Morgan fingerprint density at radius 2 is 2.19 bits per heavy atom. The molecule has 1 atom stereocenters. The van der Waals surface area contributed by atoms with Gasteiger partial charge >= 0.3 is 0 Å². The topological polar surface area (TPSA) is 90.9 Å². The number of nitrogens with two attached hydrogens (primary N) is 1. The highest BCUT2D eigenvalue weighted by atomic mass is 15.2. The van der Waals surface area contributed by atoms with Gasteiger partial charge in [0.25, 0.3) is 0 Å². The minimum atomic E-state index is 0.204. The highest BCUT2D eigenvalue weighted by Gasteiger charge is 2.21. The van der Waals surface area contributed by atoms with Crippen LogP contribution in [0.5, 0.6) is 0 Å². The second-order valence-corrected chi connectivity index (χ2v) is 6.91. The van der Waals surface area contributed by atoms with E-state index in [1.165, 1.54) is 0 Å². The molecule has 3 rings (SSSR count). The van der Waals surface area contributed by atoms with Crippen molar-refractivity contribution in [3.8, 4) is 6.07 Å². The van der Waals surface area contributed by atoms with E-state index in [0.717, 1.165) is 61.5 Å². The van der Waals surface area contributed by atoms with E-state index in [0.29, 0.717) is 11.5 Å². The van der Waals surface area contributed by atoms with E-state index >= 15 is 0 Å². The van der Waals surface area contributed by atoms with Crippen molar-refractivity contribution in [3.63, 3.8) is 0 Å². The van der Waals surface area contributed by atoms with Crippen LogP contribution >= 0.6 is 0 Å². The number of hydrogen-bond acceptors (Lipinski definition) is 6. The minimum absolute atomic E-state index is 0.204. The molecule has 3 N–H and O–H groups in total. The Balaban J connectivity index is 1.88. The van der Waals surface area contributed by atoms with Gasteiger partial charge in [-0.2, -0.15) is 10.2 Å². The van der Waals surface area contributed by atoms with Crippen molar-refractivity contribution in [1.29, 1.82) is 5.26 Å². The fourth-order valence-corrected chi connectivity index (χ4v) is 3.13. The Kier molecular flexibility index (Phi) is 5.69. The third-order valence-corrected chi connectivity index (χ3v) is 4.72. The van der Waals surface area contributed by atoms with Gasteiger partial charge in [-0.25, -0.2) is 4.98 Å². The molecule has 1 saturated heterocycles. The van der Waals surface area contributed by atoms with Crippen molar-refractivity contribution >= 4 is 17.5 Å². The van der Waals surface area contributed by atoms with Crippen molar-refractivity contribution < 1.29 is 0 Å². The molecule has 1 fully saturated rings. The average molecular weight is 350 g/mol. The lowest BCUT2D eigenvalue weighted by molar-refractivity contribution is 0.750. The molecule has 0 amide bonds. The summed E-state index contributed by atoms with van der Waals surface area (Å²) < 4.78 is 0. The first-order valence-corrected chi connectivity index (χ1v) is 9.25. The molecule has 6 nitrogen and oxygen atoms in total. The van der Waals surface area contributed by atoms with Gasteiger partial charge in [-0.3, -0.25) is 0 Å². The molecule has 0 radical (unpaired) electrons. The lowest BCUT2D eigenvalue weighted by atomic mass is 10.1. The molecule has 1 aromatic heterocycles. The summed E-state index contributed by atoms with van der Waals surface area (Å²) >= 11 is 0. The van der Waals surface area contributed by atoms with E-state index in [1.54, 1.807) is 0 Å². The third kappa shape index (κ3) is 4.30. The maximum Gasteiger partial charge on any atom is 0.229 e. The van der Waals surface area contributed by atoms with E-state index in [4.69, 9.17) is 10.7 Å². The minimum Gasteiger partial charge on any atom is -0.355 e. The predicted octanol–water partition coefficient (Wildman–Crippen LogP) is 3.28. The van der Waals surface area contributed by atoms with Crippen LogP contribution in [0.1, 0.15) is 43.0 Å². The Morgan fingerprint density at radius 1 is 1.35 bits per heavy atom. The van der Waals surface area contributed by atoms with E-state index < -0.39 is 0 Å². The number of aromatic nitrogens is 2. The molecule has 1 aliphatic heterocycles. The molecule has 1 aliphatic rings. The van der Waals surface area contributed by atoms with Crippen molar-refractivity contribution in [2.24, 2.45) is 5.73 Å². The molecule has 2 heterocycles. The number of anilines is 3. The van der Waals surface area contributed by atoms with Gasteiger partial charge in [0.05, 0.1) is 11.6 Å². The summed E-state index contributed by atoms with van der Waals surface area (Å²) in [5.41, 5.74) is 9.53. The molecule has 0 saturated carbocycles. The number of rotatable bonds is 6. The molecule has 1 unspecified atom stereocenters. The summed E-state index contributed by atoms with van der Waals surface area (Å²) in [6, 6.07) is 10.2. The quantitative estimate of drug-likeness (QED) is 0.831. The van der Waals surface area contributed by atoms with Crippen LogP contribution in [0.2, 0.25) is 0 Å². The largest absolute Gasteiger partial charge is 0.355 e. The van der Waals surface area contributed by atoms with Crippen LogP contribution in [-0.2, 0) is 6.42 Å². The molecule has 6 heteroatoms. The van der Waals surface area contributed by atoms with Gasteiger partial charge in [0.1, 0.15) is 5.82 Å². The number of nitrogens with one attached hydrogen (secondary N) is 1. The summed E-state index contributed by atoms with van der Waals surface area (Å²) in [6.45, 7) is 5.86. The highest BCUT2D eigenvalue weighted by Crippen LogP contribution is 2.23. The Bertz CT molecular complexity index is 810. The van der Waals surface area contributed by atoms with E-state index in [2.05, 4.69) is 34.3 Å². The molecular weight excluding hydrogens is 324 g/mol. The van der Waals surface area contributed by atoms with Crippen LogP contribution in [0.25, 0.3) is 0 Å². The first kappa shape index (κ1) is 18.2. The lowest BCUT2D eigenvalue weighted by Crippen LogP contribution is -2.27. The second kappa shape index (κ2) is 8.15.